The number of hydrogen-bond acceptors (Lipinski definition) is 4. The average Bonchev–Trinajstić information content (AvgIpc) is 3.01. The third kappa shape index (κ3) is 4.11. The first-order chi connectivity index (χ1) is 12.3. The highest BCUT2D eigenvalue weighted by Crippen LogP contribution is 2.27. The summed E-state index contributed by atoms with van der Waals surface area (Å²) in [6, 6.07) is 9.08. The molecule has 1 aliphatic heterocycles. The number of hydrogen-bond donors (Lipinski definition) is 1. The van der Waals surface area contributed by atoms with Gasteiger partial charge in [0.1, 0.15) is 0 Å². The smallest absolute Gasteiger partial charge is 0.291 e. The fourth-order valence-electron chi connectivity index (χ4n) is 3.29. The summed E-state index contributed by atoms with van der Waals surface area (Å²) in [5.41, 5.74) is 0.474. The van der Waals surface area contributed by atoms with Crippen LogP contribution in [0.5, 0.6) is 0 Å². The predicted molar refractivity (Wildman–Crippen MR) is 99.8 cm³/mol. The van der Waals surface area contributed by atoms with Gasteiger partial charge in [-0.15, -0.1) is 0 Å². The van der Waals surface area contributed by atoms with Crippen molar-refractivity contribution in [3.8, 4) is 0 Å². The number of rotatable bonds is 4. The molecule has 1 aliphatic rings. The number of sulfonamides is 1. The average molecular weight is 397 g/mol. The topological polar surface area (TPSA) is 79.6 Å². The lowest BCUT2D eigenvalue weighted by atomic mass is 9.94. The molecule has 1 fully saturated rings. The van der Waals surface area contributed by atoms with E-state index in [9.17, 15) is 13.2 Å². The van der Waals surface area contributed by atoms with Gasteiger partial charge in [0.15, 0.2) is 11.0 Å². The molecule has 1 aromatic heterocycles. The molecule has 8 heteroatoms. The summed E-state index contributed by atoms with van der Waals surface area (Å²) in [5.74, 6) is 0.314. The third-order valence-corrected chi connectivity index (χ3v) is 6.43. The number of nitrogens with one attached hydrogen (secondary N) is 1. The van der Waals surface area contributed by atoms with Gasteiger partial charge in [-0.05, 0) is 66.3 Å². The van der Waals surface area contributed by atoms with Crippen LogP contribution in [0.4, 0.5) is 5.69 Å². The molecule has 2 aromatic rings. The van der Waals surface area contributed by atoms with Gasteiger partial charge in [-0.3, -0.25) is 4.79 Å². The number of piperidine rings is 1. The molecule has 1 amide bonds. The Kier molecular flexibility index (Phi) is 5.41. The maximum Gasteiger partial charge on any atom is 0.291 e. The van der Waals surface area contributed by atoms with E-state index in [1.807, 2.05) is 0 Å². The van der Waals surface area contributed by atoms with Crippen LogP contribution in [0.2, 0.25) is 5.22 Å². The summed E-state index contributed by atoms with van der Waals surface area (Å²) >= 11 is 5.65. The Morgan fingerprint density at radius 2 is 1.73 bits per heavy atom. The molecule has 0 saturated carbocycles. The SMILES string of the molecule is CC1CC(C)CN(S(=O)(=O)c2ccc(NC(=O)c3ccc(Cl)o3)cc2)C1. The minimum atomic E-state index is -3.54. The highest BCUT2D eigenvalue weighted by molar-refractivity contribution is 7.89. The second kappa shape index (κ2) is 7.42. The zero-order valence-electron chi connectivity index (χ0n) is 14.6. The normalized spacial score (nSPS) is 21.5. The van der Waals surface area contributed by atoms with Gasteiger partial charge in [0.05, 0.1) is 4.90 Å². The maximum atomic E-state index is 12.8. The Balaban J connectivity index is 1.73. The van der Waals surface area contributed by atoms with Crippen molar-refractivity contribution < 1.29 is 17.6 Å². The standard InChI is InChI=1S/C18H21ClN2O4S/c1-12-9-13(2)11-21(10-12)26(23,24)15-5-3-14(4-6-15)20-18(22)16-7-8-17(19)25-16/h3-8,12-13H,9-11H2,1-2H3,(H,20,22). The zero-order chi connectivity index (χ0) is 18.9. The van der Waals surface area contributed by atoms with Crippen molar-refractivity contribution in [1.29, 1.82) is 0 Å². The van der Waals surface area contributed by atoms with Gasteiger partial charge in [-0.25, -0.2) is 8.42 Å². The molecule has 2 heterocycles. The highest BCUT2D eigenvalue weighted by Gasteiger charge is 2.31. The van der Waals surface area contributed by atoms with Crippen LogP contribution in [-0.2, 0) is 10.0 Å². The minimum absolute atomic E-state index is 0.0861. The molecular weight excluding hydrogens is 376 g/mol. The van der Waals surface area contributed by atoms with Crippen LogP contribution < -0.4 is 5.32 Å². The summed E-state index contributed by atoms with van der Waals surface area (Å²) in [5, 5.41) is 2.77. The number of anilines is 1. The number of amides is 1. The zero-order valence-corrected chi connectivity index (χ0v) is 16.2. The Hall–Kier alpha value is -1.83. The number of carbonyl (C=O) groups excluding carboxylic acids is 1. The van der Waals surface area contributed by atoms with Crippen molar-refractivity contribution >= 4 is 33.2 Å². The van der Waals surface area contributed by atoms with Crippen molar-refractivity contribution in [2.75, 3.05) is 18.4 Å². The lowest BCUT2D eigenvalue weighted by molar-refractivity contribution is 0.0997. The molecule has 6 nitrogen and oxygen atoms in total. The summed E-state index contributed by atoms with van der Waals surface area (Å²) in [6.07, 6.45) is 1.04. The van der Waals surface area contributed by atoms with Gasteiger partial charge in [0.2, 0.25) is 10.0 Å². The van der Waals surface area contributed by atoms with Gasteiger partial charge < -0.3 is 9.73 Å². The summed E-state index contributed by atoms with van der Waals surface area (Å²) in [7, 11) is -3.54. The molecule has 0 bridgehead atoms. The molecule has 3 rings (SSSR count). The molecule has 1 N–H and O–H groups in total. The van der Waals surface area contributed by atoms with E-state index in [0.29, 0.717) is 30.6 Å². The Morgan fingerprint density at radius 1 is 1.12 bits per heavy atom. The van der Waals surface area contributed by atoms with E-state index in [1.54, 1.807) is 16.4 Å². The highest BCUT2D eigenvalue weighted by atomic mass is 35.5. The lowest BCUT2D eigenvalue weighted by Crippen LogP contribution is -2.42. The Morgan fingerprint density at radius 3 is 2.27 bits per heavy atom. The van der Waals surface area contributed by atoms with Crippen LogP contribution in [0.25, 0.3) is 0 Å². The van der Waals surface area contributed by atoms with Crippen LogP contribution in [0, 0.1) is 11.8 Å². The van der Waals surface area contributed by atoms with E-state index in [1.165, 1.54) is 24.3 Å². The van der Waals surface area contributed by atoms with Gasteiger partial charge in [-0.1, -0.05) is 13.8 Å². The van der Waals surface area contributed by atoms with Crippen molar-refractivity contribution in [2.24, 2.45) is 11.8 Å². The number of carbonyl (C=O) groups is 1. The molecule has 26 heavy (non-hydrogen) atoms. The number of furan rings is 1. The van der Waals surface area contributed by atoms with E-state index >= 15 is 0 Å². The third-order valence-electron chi connectivity index (χ3n) is 4.38. The molecular formula is C18H21ClN2O4S. The molecule has 0 radical (unpaired) electrons. The van der Waals surface area contributed by atoms with Crippen LogP contribution in [0.1, 0.15) is 30.8 Å². The van der Waals surface area contributed by atoms with Crippen molar-refractivity contribution in [1.82, 2.24) is 4.31 Å². The number of halogens is 1. The van der Waals surface area contributed by atoms with Gasteiger partial charge >= 0.3 is 0 Å². The molecule has 1 saturated heterocycles. The van der Waals surface area contributed by atoms with Crippen LogP contribution in [0.3, 0.4) is 0 Å². The summed E-state index contributed by atoms with van der Waals surface area (Å²) < 4.78 is 32.3. The largest absolute Gasteiger partial charge is 0.440 e. The molecule has 0 aliphatic carbocycles. The summed E-state index contributed by atoms with van der Waals surface area (Å²) in [6.45, 7) is 5.20. The maximum absolute atomic E-state index is 12.8. The predicted octanol–water partition coefficient (Wildman–Crippen LogP) is 3.85. The van der Waals surface area contributed by atoms with Crippen LogP contribution >= 0.6 is 11.6 Å². The second-order valence-corrected chi connectivity index (χ2v) is 9.16. The molecule has 2 unspecified atom stereocenters. The first-order valence-corrected chi connectivity index (χ1v) is 10.2. The van der Waals surface area contributed by atoms with Crippen molar-refractivity contribution in [3.63, 3.8) is 0 Å². The fraction of sp³-hybridized carbons (Fsp3) is 0.389. The van der Waals surface area contributed by atoms with E-state index in [-0.39, 0.29) is 15.9 Å². The minimum Gasteiger partial charge on any atom is -0.440 e. The lowest BCUT2D eigenvalue weighted by Gasteiger charge is -2.34. The second-order valence-electron chi connectivity index (χ2n) is 6.85. The summed E-state index contributed by atoms with van der Waals surface area (Å²) in [4.78, 5) is 12.3. The van der Waals surface area contributed by atoms with Crippen molar-refractivity contribution in [3.05, 3.63) is 47.4 Å². The fourth-order valence-corrected chi connectivity index (χ4v) is 5.12. The van der Waals surface area contributed by atoms with Crippen molar-refractivity contribution in [2.45, 2.75) is 25.2 Å². The van der Waals surface area contributed by atoms with Gasteiger partial charge in [-0.2, -0.15) is 4.31 Å². The first-order valence-electron chi connectivity index (χ1n) is 8.42. The van der Waals surface area contributed by atoms with E-state index in [2.05, 4.69) is 19.2 Å². The molecule has 1 aromatic carbocycles. The monoisotopic (exact) mass is 396 g/mol. The Labute approximate surface area is 158 Å². The molecule has 2 atom stereocenters. The van der Waals surface area contributed by atoms with Gasteiger partial charge in [0, 0.05) is 18.8 Å². The molecule has 0 spiro atoms. The van der Waals surface area contributed by atoms with E-state index < -0.39 is 15.9 Å². The van der Waals surface area contributed by atoms with Crippen LogP contribution in [0.15, 0.2) is 45.7 Å². The van der Waals surface area contributed by atoms with E-state index in [4.69, 9.17) is 16.0 Å². The van der Waals surface area contributed by atoms with E-state index in [0.717, 1.165) is 6.42 Å². The molecule has 140 valence electrons. The quantitative estimate of drug-likeness (QED) is 0.851. The Bertz CT molecular complexity index is 882. The number of benzene rings is 1. The number of nitrogens with zero attached hydrogens (tertiary/aromatic N) is 1. The first kappa shape index (κ1) is 18.9. The van der Waals surface area contributed by atoms with Crippen LogP contribution in [-0.4, -0.2) is 31.7 Å². The van der Waals surface area contributed by atoms with Gasteiger partial charge in [0.25, 0.3) is 5.91 Å².